The number of fused-ring (bicyclic) bond motifs is 4. The van der Waals surface area contributed by atoms with E-state index >= 15 is 0 Å². The van der Waals surface area contributed by atoms with Gasteiger partial charge in [-0.2, -0.15) is 0 Å². The van der Waals surface area contributed by atoms with E-state index in [1.807, 2.05) is 39.6 Å². The summed E-state index contributed by atoms with van der Waals surface area (Å²) < 4.78 is 3.21. The summed E-state index contributed by atoms with van der Waals surface area (Å²) in [6.45, 7) is 2.10. The predicted octanol–water partition coefficient (Wildman–Crippen LogP) is 4.01. The molecule has 0 saturated carbocycles. The van der Waals surface area contributed by atoms with Crippen LogP contribution in [0.2, 0.25) is 0 Å². The summed E-state index contributed by atoms with van der Waals surface area (Å²) in [4.78, 5) is 15.7. The zero-order valence-electron chi connectivity index (χ0n) is 14.1. The van der Waals surface area contributed by atoms with Gasteiger partial charge in [-0.3, -0.25) is 9.20 Å². The van der Waals surface area contributed by atoms with E-state index in [0.29, 0.717) is 5.75 Å². The number of carbonyl (C=O) groups is 1. The van der Waals surface area contributed by atoms with Crippen molar-refractivity contribution in [3.8, 4) is 0 Å². The van der Waals surface area contributed by atoms with Gasteiger partial charge in [0, 0.05) is 11.7 Å². The molecule has 0 unspecified atom stereocenters. The third kappa shape index (κ3) is 2.42. The molecule has 3 heterocycles. The molecule has 2 aromatic heterocycles. The molecular formula is C19H16N4OS2. The lowest BCUT2D eigenvalue weighted by Crippen LogP contribution is -2.37. The zero-order valence-corrected chi connectivity index (χ0v) is 15.8. The van der Waals surface area contributed by atoms with E-state index in [1.54, 1.807) is 11.3 Å². The number of hydrogen-bond donors (Lipinski definition) is 0. The number of para-hydroxylation sites is 2. The van der Waals surface area contributed by atoms with Crippen LogP contribution in [-0.2, 0) is 11.2 Å². The normalized spacial score (nSPS) is 16.5. The Kier molecular flexibility index (Phi) is 3.72. The molecule has 130 valence electrons. The van der Waals surface area contributed by atoms with Gasteiger partial charge in [0.25, 0.3) is 0 Å². The van der Waals surface area contributed by atoms with E-state index in [2.05, 4.69) is 35.3 Å². The minimum absolute atomic E-state index is 0.115. The predicted molar refractivity (Wildman–Crippen MR) is 106 cm³/mol. The summed E-state index contributed by atoms with van der Waals surface area (Å²) in [5, 5.41) is 9.32. The number of hydrogen-bond acceptors (Lipinski definition) is 5. The van der Waals surface area contributed by atoms with Crippen LogP contribution in [0, 0.1) is 0 Å². The van der Waals surface area contributed by atoms with Crippen molar-refractivity contribution in [3.05, 3.63) is 54.1 Å². The van der Waals surface area contributed by atoms with Crippen LogP contribution in [0.1, 0.15) is 12.5 Å². The standard InChI is InChI=1S/C19H16N4OS2/c1-12-10-13-6-2-3-7-14(13)22(12)17(24)11-25-18-20-21-19-23(18)15-8-4-5-9-16(15)26-19/h2-9,12H,10-11H2,1H3/t12-/m1/s1. The largest absolute Gasteiger partial charge is 0.308 e. The highest BCUT2D eigenvalue weighted by atomic mass is 32.2. The summed E-state index contributed by atoms with van der Waals surface area (Å²) in [7, 11) is 0. The molecule has 1 aliphatic rings. The number of amides is 1. The maximum Gasteiger partial charge on any atom is 0.237 e. The first-order valence-corrected chi connectivity index (χ1v) is 10.3. The van der Waals surface area contributed by atoms with Crippen LogP contribution < -0.4 is 4.90 Å². The van der Waals surface area contributed by atoms with Crippen molar-refractivity contribution >= 4 is 49.9 Å². The molecule has 26 heavy (non-hydrogen) atoms. The number of thiazole rings is 1. The summed E-state index contributed by atoms with van der Waals surface area (Å²) in [5.74, 6) is 0.465. The Bertz CT molecular complexity index is 1130. The van der Waals surface area contributed by atoms with Crippen LogP contribution in [0.4, 0.5) is 5.69 Å². The molecule has 0 spiro atoms. The summed E-state index contributed by atoms with van der Waals surface area (Å²) in [6.07, 6.45) is 0.914. The SMILES string of the molecule is C[C@@H]1Cc2ccccc2N1C(=O)CSc1nnc2sc3ccccc3n12. The summed E-state index contributed by atoms with van der Waals surface area (Å²) in [6, 6.07) is 16.5. The fourth-order valence-electron chi connectivity index (χ4n) is 3.59. The van der Waals surface area contributed by atoms with Gasteiger partial charge in [0.05, 0.1) is 16.0 Å². The van der Waals surface area contributed by atoms with Gasteiger partial charge in [-0.25, -0.2) is 0 Å². The van der Waals surface area contributed by atoms with Crippen LogP contribution in [-0.4, -0.2) is 32.3 Å². The molecule has 0 aliphatic carbocycles. The Morgan fingerprint density at radius 1 is 1.19 bits per heavy atom. The van der Waals surface area contributed by atoms with Crippen molar-refractivity contribution in [1.29, 1.82) is 0 Å². The van der Waals surface area contributed by atoms with E-state index in [1.165, 1.54) is 22.0 Å². The molecule has 1 amide bonds. The fourth-order valence-corrected chi connectivity index (χ4v) is 5.42. The maximum absolute atomic E-state index is 12.9. The molecule has 0 bridgehead atoms. The number of nitrogens with zero attached hydrogens (tertiary/aromatic N) is 4. The first-order valence-electron chi connectivity index (χ1n) is 8.48. The smallest absolute Gasteiger partial charge is 0.237 e. The van der Waals surface area contributed by atoms with Crippen LogP contribution in [0.3, 0.4) is 0 Å². The van der Waals surface area contributed by atoms with Gasteiger partial charge >= 0.3 is 0 Å². The van der Waals surface area contributed by atoms with Gasteiger partial charge in [-0.1, -0.05) is 53.4 Å². The first-order chi connectivity index (χ1) is 12.7. The van der Waals surface area contributed by atoms with Crippen molar-refractivity contribution < 1.29 is 4.79 Å². The molecule has 0 radical (unpaired) electrons. The van der Waals surface area contributed by atoms with Crippen molar-refractivity contribution in [1.82, 2.24) is 14.6 Å². The highest BCUT2D eigenvalue weighted by molar-refractivity contribution is 7.99. The van der Waals surface area contributed by atoms with Gasteiger partial charge in [-0.05, 0) is 37.1 Å². The molecule has 4 aromatic rings. The van der Waals surface area contributed by atoms with Gasteiger partial charge in [0.1, 0.15) is 0 Å². The van der Waals surface area contributed by atoms with E-state index < -0.39 is 0 Å². The van der Waals surface area contributed by atoms with Crippen LogP contribution >= 0.6 is 23.1 Å². The molecule has 1 aliphatic heterocycles. The third-order valence-corrected chi connectivity index (χ3v) is 6.64. The second-order valence-electron chi connectivity index (χ2n) is 6.40. The molecule has 5 rings (SSSR count). The fraction of sp³-hybridized carbons (Fsp3) is 0.211. The van der Waals surface area contributed by atoms with Gasteiger partial charge < -0.3 is 4.90 Å². The highest BCUT2D eigenvalue weighted by Crippen LogP contribution is 2.33. The highest BCUT2D eigenvalue weighted by Gasteiger charge is 2.30. The average molecular weight is 380 g/mol. The molecule has 0 N–H and O–H groups in total. The number of aromatic nitrogens is 3. The number of benzene rings is 2. The molecular weight excluding hydrogens is 364 g/mol. The third-order valence-electron chi connectivity index (χ3n) is 4.71. The molecule has 7 heteroatoms. The number of thioether (sulfide) groups is 1. The Morgan fingerprint density at radius 3 is 2.92 bits per heavy atom. The molecule has 5 nitrogen and oxygen atoms in total. The molecule has 0 fully saturated rings. The topological polar surface area (TPSA) is 50.5 Å². The second-order valence-corrected chi connectivity index (χ2v) is 8.36. The van der Waals surface area contributed by atoms with Crippen LogP contribution in [0.25, 0.3) is 15.2 Å². The molecule has 2 aromatic carbocycles. The van der Waals surface area contributed by atoms with E-state index in [4.69, 9.17) is 0 Å². The summed E-state index contributed by atoms with van der Waals surface area (Å²) in [5.41, 5.74) is 3.37. The minimum Gasteiger partial charge on any atom is -0.308 e. The summed E-state index contributed by atoms with van der Waals surface area (Å²) >= 11 is 3.07. The number of carbonyl (C=O) groups excluding carboxylic acids is 1. The zero-order chi connectivity index (χ0) is 17.7. The second kappa shape index (κ2) is 6.10. The molecule has 1 atom stereocenters. The Morgan fingerprint density at radius 2 is 2.00 bits per heavy atom. The van der Waals surface area contributed by atoms with E-state index in [-0.39, 0.29) is 11.9 Å². The van der Waals surface area contributed by atoms with Crippen LogP contribution in [0.5, 0.6) is 0 Å². The average Bonchev–Trinajstić information content (AvgIpc) is 3.30. The van der Waals surface area contributed by atoms with Crippen molar-refractivity contribution in [2.45, 2.75) is 24.5 Å². The van der Waals surface area contributed by atoms with Gasteiger partial charge in [-0.15, -0.1) is 10.2 Å². The van der Waals surface area contributed by atoms with Gasteiger partial charge in [0.2, 0.25) is 10.9 Å². The Hall–Kier alpha value is -2.38. The minimum atomic E-state index is 0.115. The monoisotopic (exact) mass is 380 g/mol. The lowest BCUT2D eigenvalue weighted by molar-refractivity contribution is -0.116. The Balaban J connectivity index is 1.41. The van der Waals surface area contributed by atoms with E-state index in [9.17, 15) is 4.79 Å². The quantitative estimate of drug-likeness (QED) is 0.504. The Labute approximate surface area is 158 Å². The van der Waals surface area contributed by atoms with Crippen molar-refractivity contribution in [2.24, 2.45) is 0 Å². The van der Waals surface area contributed by atoms with Gasteiger partial charge in [0.15, 0.2) is 5.16 Å². The number of anilines is 1. The maximum atomic E-state index is 12.9. The molecule has 0 saturated heterocycles. The van der Waals surface area contributed by atoms with Crippen molar-refractivity contribution in [3.63, 3.8) is 0 Å². The van der Waals surface area contributed by atoms with Crippen LogP contribution in [0.15, 0.2) is 53.7 Å². The van der Waals surface area contributed by atoms with Crippen molar-refractivity contribution in [2.75, 3.05) is 10.7 Å². The number of rotatable bonds is 3. The van der Waals surface area contributed by atoms with E-state index in [0.717, 1.165) is 27.7 Å². The lowest BCUT2D eigenvalue weighted by atomic mass is 10.1. The first kappa shape index (κ1) is 15.8. The lowest BCUT2D eigenvalue weighted by Gasteiger charge is -2.22.